The van der Waals surface area contributed by atoms with Gasteiger partial charge in [-0.2, -0.15) is 0 Å². The van der Waals surface area contributed by atoms with E-state index in [1.54, 1.807) is 54.7 Å². The van der Waals surface area contributed by atoms with Crippen molar-refractivity contribution in [3.8, 4) is 17.2 Å². The molecule has 0 aliphatic heterocycles. The Balaban J connectivity index is 1.50. The first-order valence-corrected chi connectivity index (χ1v) is 10.1. The van der Waals surface area contributed by atoms with Gasteiger partial charge in [-0.1, -0.05) is 24.3 Å². The highest BCUT2D eigenvalue weighted by Crippen LogP contribution is 2.29. The van der Waals surface area contributed by atoms with Crippen LogP contribution in [0.2, 0.25) is 0 Å². The van der Waals surface area contributed by atoms with Gasteiger partial charge in [-0.3, -0.25) is 14.6 Å². The molecule has 1 unspecified atom stereocenters. The Bertz CT molecular complexity index is 1110. The third kappa shape index (κ3) is 4.61. The van der Waals surface area contributed by atoms with Crippen LogP contribution in [0.5, 0.6) is 17.2 Å². The number of hydrogen-bond donors (Lipinski definition) is 0. The van der Waals surface area contributed by atoms with Gasteiger partial charge < -0.3 is 9.47 Å². The largest absolute Gasteiger partial charge is 0.457 e. The maximum Gasteiger partial charge on any atom is 0.327 e. The number of ether oxygens (including phenoxy) is 2. The summed E-state index contributed by atoms with van der Waals surface area (Å²) in [6.07, 6.45) is 3.03. The number of carbonyl (C=O) groups excluding carboxylic acids is 2. The van der Waals surface area contributed by atoms with Gasteiger partial charge in [0, 0.05) is 22.8 Å². The Morgan fingerprint density at radius 3 is 2.20 bits per heavy atom. The van der Waals surface area contributed by atoms with Crippen molar-refractivity contribution >= 4 is 23.1 Å². The molecule has 0 saturated heterocycles. The third-order valence-corrected chi connectivity index (χ3v) is 5.23. The van der Waals surface area contributed by atoms with Crippen LogP contribution in [-0.4, -0.2) is 16.7 Å². The molecule has 0 N–H and O–H groups in total. The highest BCUT2D eigenvalue weighted by molar-refractivity contribution is 7.10. The average Bonchev–Trinajstić information content (AvgIpc) is 3.31. The minimum atomic E-state index is -1.05. The maximum atomic E-state index is 13.0. The molecule has 0 fully saturated rings. The molecule has 0 spiro atoms. The number of aromatic nitrogens is 1. The lowest BCUT2D eigenvalue weighted by atomic mass is 9.97. The van der Waals surface area contributed by atoms with Crippen LogP contribution >= 0.6 is 11.3 Å². The molecule has 2 aromatic carbocycles. The predicted octanol–water partition coefficient (Wildman–Crippen LogP) is 5.51. The van der Waals surface area contributed by atoms with Crippen LogP contribution < -0.4 is 9.47 Å². The average molecular weight is 415 g/mol. The highest BCUT2D eigenvalue weighted by atomic mass is 32.1. The summed E-state index contributed by atoms with van der Waals surface area (Å²) in [5, 5.41) is 1.82. The fraction of sp³-hybridized carbons (Fsp3) is 0.0417. The number of benzene rings is 2. The van der Waals surface area contributed by atoms with Gasteiger partial charge in [0.15, 0.2) is 11.7 Å². The van der Waals surface area contributed by atoms with Crippen molar-refractivity contribution in [3.05, 3.63) is 107 Å². The minimum absolute atomic E-state index is 0.334. The molecule has 4 aromatic rings. The van der Waals surface area contributed by atoms with E-state index >= 15 is 0 Å². The summed E-state index contributed by atoms with van der Waals surface area (Å²) in [7, 11) is 0. The predicted molar refractivity (Wildman–Crippen MR) is 114 cm³/mol. The Labute approximate surface area is 177 Å². The maximum absolute atomic E-state index is 13.0. The second kappa shape index (κ2) is 9.15. The topological polar surface area (TPSA) is 65.5 Å². The second-order valence-corrected chi connectivity index (χ2v) is 7.34. The fourth-order valence-corrected chi connectivity index (χ4v) is 3.67. The summed E-state index contributed by atoms with van der Waals surface area (Å²) in [5.74, 6) is -0.373. The second-order valence-electron chi connectivity index (χ2n) is 6.36. The molecule has 2 heterocycles. The van der Waals surface area contributed by atoms with Crippen molar-refractivity contribution in [2.24, 2.45) is 0 Å². The van der Waals surface area contributed by atoms with Crippen LogP contribution in [0.1, 0.15) is 21.2 Å². The molecular formula is C24H17NO4S. The summed E-state index contributed by atoms with van der Waals surface area (Å²) >= 11 is 1.33. The van der Waals surface area contributed by atoms with E-state index in [0.29, 0.717) is 27.7 Å². The number of rotatable bonds is 7. The van der Waals surface area contributed by atoms with Crippen molar-refractivity contribution in [1.29, 1.82) is 0 Å². The lowest BCUT2D eigenvalue weighted by Gasteiger charge is -2.14. The SMILES string of the molecule is O=C(Oc1ccc(Oc2ccccc2)cc1)C(C(=O)c1cccnc1)c1cccs1. The quantitative estimate of drug-likeness (QED) is 0.172. The number of esters is 1. The fourth-order valence-electron chi connectivity index (χ4n) is 2.86. The van der Waals surface area contributed by atoms with Crippen LogP contribution in [-0.2, 0) is 4.79 Å². The van der Waals surface area contributed by atoms with Crippen LogP contribution in [0, 0.1) is 0 Å². The lowest BCUT2D eigenvalue weighted by molar-refractivity contribution is -0.134. The summed E-state index contributed by atoms with van der Waals surface area (Å²) in [4.78, 5) is 30.5. The molecule has 148 valence electrons. The van der Waals surface area contributed by atoms with Crippen molar-refractivity contribution in [2.45, 2.75) is 5.92 Å². The zero-order chi connectivity index (χ0) is 20.8. The molecule has 0 aliphatic rings. The number of carbonyl (C=O) groups is 2. The Hall–Kier alpha value is -3.77. The first-order chi connectivity index (χ1) is 14.7. The van der Waals surface area contributed by atoms with Gasteiger partial charge in [0.25, 0.3) is 0 Å². The summed E-state index contributed by atoms with van der Waals surface area (Å²) in [6, 6.07) is 22.9. The van der Waals surface area contributed by atoms with E-state index in [-0.39, 0.29) is 5.78 Å². The van der Waals surface area contributed by atoms with E-state index in [4.69, 9.17) is 9.47 Å². The molecule has 6 heteroatoms. The number of pyridine rings is 1. The van der Waals surface area contributed by atoms with Gasteiger partial charge in [0.05, 0.1) is 0 Å². The monoisotopic (exact) mass is 415 g/mol. The molecule has 1 atom stereocenters. The molecule has 5 nitrogen and oxygen atoms in total. The number of para-hydroxylation sites is 1. The Morgan fingerprint density at radius 2 is 1.53 bits per heavy atom. The van der Waals surface area contributed by atoms with Crippen LogP contribution in [0.25, 0.3) is 0 Å². The zero-order valence-electron chi connectivity index (χ0n) is 15.8. The molecular weight excluding hydrogens is 398 g/mol. The van der Waals surface area contributed by atoms with Crippen molar-refractivity contribution in [3.63, 3.8) is 0 Å². The summed E-state index contributed by atoms with van der Waals surface area (Å²) in [6.45, 7) is 0. The van der Waals surface area contributed by atoms with Crippen molar-refractivity contribution in [1.82, 2.24) is 4.98 Å². The molecule has 0 amide bonds. The number of nitrogens with zero attached hydrogens (tertiary/aromatic N) is 1. The van der Waals surface area contributed by atoms with Gasteiger partial charge in [-0.15, -0.1) is 11.3 Å². The third-order valence-electron chi connectivity index (χ3n) is 4.29. The van der Waals surface area contributed by atoms with E-state index < -0.39 is 11.9 Å². The molecule has 4 rings (SSSR count). The normalized spacial score (nSPS) is 11.5. The van der Waals surface area contributed by atoms with Crippen LogP contribution in [0.15, 0.2) is 96.6 Å². The van der Waals surface area contributed by atoms with E-state index in [1.807, 2.05) is 35.7 Å². The van der Waals surface area contributed by atoms with Gasteiger partial charge in [-0.05, 0) is 60.0 Å². The number of hydrogen-bond acceptors (Lipinski definition) is 6. The van der Waals surface area contributed by atoms with Gasteiger partial charge in [0.1, 0.15) is 17.2 Å². The smallest absolute Gasteiger partial charge is 0.327 e. The Morgan fingerprint density at radius 1 is 0.800 bits per heavy atom. The van der Waals surface area contributed by atoms with E-state index in [0.717, 1.165) is 0 Å². The highest BCUT2D eigenvalue weighted by Gasteiger charge is 2.32. The van der Waals surface area contributed by atoms with Gasteiger partial charge in [-0.25, -0.2) is 0 Å². The number of ketones is 1. The molecule has 0 bridgehead atoms. The van der Waals surface area contributed by atoms with Gasteiger partial charge >= 0.3 is 5.97 Å². The number of thiophene rings is 1. The van der Waals surface area contributed by atoms with Gasteiger partial charge in [0.2, 0.25) is 0 Å². The minimum Gasteiger partial charge on any atom is -0.457 e. The Kier molecular flexibility index (Phi) is 5.96. The van der Waals surface area contributed by atoms with E-state index in [1.165, 1.54) is 17.5 Å². The zero-order valence-corrected chi connectivity index (χ0v) is 16.6. The molecule has 30 heavy (non-hydrogen) atoms. The molecule has 0 saturated carbocycles. The number of Topliss-reactive ketones (excluding diaryl/α,β-unsaturated/α-hetero) is 1. The summed E-state index contributed by atoms with van der Waals surface area (Å²) in [5.41, 5.74) is 0.361. The van der Waals surface area contributed by atoms with Crippen LogP contribution in [0.4, 0.5) is 0 Å². The van der Waals surface area contributed by atoms with Crippen LogP contribution in [0.3, 0.4) is 0 Å². The van der Waals surface area contributed by atoms with Crippen molar-refractivity contribution in [2.75, 3.05) is 0 Å². The van der Waals surface area contributed by atoms with Crippen molar-refractivity contribution < 1.29 is 19.1 Å². The first kappa shape index (κ1) is 19.5. The van der Waals surface area contributed by atoms with E-state index in [9.17, 15) is 9.59 Å². The molecule has 0 aliphatic carbocycles. The van der Waals surface area contributed by atoms with E-state index in [2.05, 4.69) is 4.98 Å². The molecule has 0 radical (unpaired) electrons. The first-order valence-electron chi connectivity index (χ1n) is 9.23. The molecule has 2 aromatic heterocycles. The lowest BCUT2D eigenvalue weighted by Crippen LogP contribution is -2.25. The summed E-state index contributed by atoms with van der Waals surface area (Å²) < 4.78 is 11.3. The standard InChI is InChI=1S/C24H17NO4S/c26-23(17-6-4-14-25-16-17)22(21-9-5-15-30-21)24(27)29-20-12-10-19(11-13-20)28-18-7-2-1-3-8-18/h1-16,22H.